The Balaban J connectivity index is 3.34. The summed E-state index contributed by atoms with van der Waals surface area (Å²) in [6, 6.07) is 6.49. The lowest BCUT2D eigenvalue weighted by molar-refractivity contribution is 0.130. The summed E-state index contributed by atoms with van der Waals surface area (Å²) >= 11 is 0. The summed E-state index contributed by atoms with van der Waals surface area (Å²) in [5, 5.41) is 27.2. The first-order chi connectivity index (χ1) is 7.39. The minimum atomic E-state index is -0.463. The molecule has 1 aromatic rings. The van der Waals surface area contributed by atoms with E-state index in [1.165, 1.54) is 12.1 Å². The van der Waals surface area contributed by atoms with Gasteiger partial charge in [-0.3, -0.25) is 0 Å². The zero-order valence-corrected chi connectivity index (χ0v) is 9.40. The van der Waals surface area contributed by atoms with E-state index in [9.17, 15) is 5.11 Å². The van der Waals surface area contributed by atoms with Gasteiger partial charge in [-0.1, -0.05) is 0 Å². The van der Waals surface area contributed by atoms with Crippen LogP contribution in [0.4, 0.5) is 0 Å². The zero-order valence-electron chi connectivity index (χ0n) is 9.40. The first-order valence-corrected chi connectivity index (χ1v) is 4.74. The number of phenolic OH excluding ortho intramolecular Hbond substituents is 1. The third-order valence-electron chi connectivity index (χ3n) is 1.78. The molecule has 0 spiro atoms. The molecule has 0 aromatic heterocycles. The Morgan fingerprint density at radius 2 is 1.69 bits per heavy atom. The predicted molar refractivity (Wildman–Crippen MR) is 57.9 cm³/mol. The molecule has 0 saturated heterocycles. The molecule has 0 aliphatic heterocycles. The highest BCUT2D eigenvalue weighted by Crippen LogP contribution is 2.30. The number of hydrogen-bond acceptors (Lipinski definition) is 4. The predicted octanol–water partition coefficient (Wildman–Crippen LogP) is 2.31. The van der Waals surface area contributed by atoms with Crippen molar-refractivity contribution in [3.05, 3.63) is 23.3 Å². The van der Waals surface area contributed by atoms with Crippen LogP contribution in [0.3, 0.4) is 0 Å². The van der Waals surface area contributed by atoms with Crippen LogP contribution in [0.25, 0.3) is 0 Å². The molecule has 0 atom stereocenters. The molecule has 0 heterocycles. The van der Waals surface area contributed by atoms with Gasteiger partial charge in [0.2, 0.25) is 0 Å². The number of nitriles is 2. The molecule has 0 radical (unpaired) electrons. The van der Waals surface area contributed by atoms with Crippen LogP contribution in [0.2, 0.25) is 0 Å². The fraction of sp³-hybridized carbons (Fsp3) is 0.333. The van der Waals surface area contributed by atoms with Crippen molar-refractivity contribution in [2.45, 2.75) is 26.4 Å². The van der Waals surface area contributed by atoms with Crippen molar-refractivity contribution in [3.63, 3.8) is 0 Å². The first-order valence-electron chi connectivity index (χ1n) is 4.74. The van der Waals surface area contributed by atoms with Gasteiger partial charge in [-0.05, 0) is 32.9 Å². The summed E-state index contributed by atoms with van der Waals surface area (Å²) in [5.74, 6) is 0.102. The Kier molecular flexibility index (Phi) is 3.06. The summed E-state index contributed by atoms with van der Waals surface area (Å²) in [6.07, 6.45) is 0. The number of ether oxygens (including phenoxy) is 1. The minimum absolute atomic E-state index is 0.0516. The van der Waals surface area contributed by atoms with Gasteiger partial charge >= 0.3 is 0 Å². The standard InChI is InChI=1S/C12H12N2O2/c1-12(2,3)16-11-5-4-10(15)8(6-13)9(11)7-14/h4-5,15H,1-3H3. The highest BCUT2D eigenvalue weighted by Gasteiger charge is 2.18. The third-order valence-corrected chi connectivity index (χ3v) is 1.78. The molecule has 4 nitrogen and oxygen atoms in total. The van der Waals surface area contributed by atoms with E-state index in [1.807, 2.05) is 26.8 Å². The maximum absolute atomic E-state index is 9.42. The molecule has 16 heavy (non-hydrogen) atoms. The van der Waals surface area contributed by atoms with Crippen LogP contribution in [0.1, 0.15) is 31.9 Å². The monoisotopic (exact) mass is 216 g/mol. The molecule has 4 heteroatoms. The van der Waals surface area contributed by atoms with Gasteiger partial charge in [0.25, 0.3) is 0 Å². The van der Waals surface area contributed by atoms with Crippen LogP contribution in [0, 0.1) is 22.7 Å². The summed E-state index contributed by atoms with van der Waals surface area (Å²) in [4.78, 5) is 0. The van der Waals surface area contributed by atoms with Gasteiger partial charge in [0.15, 0.2) is 0 Å². The first kappa shape index (κ1) is 11.9. The van der Waals surface area contributed by atoms with E-state index in [0.29, 0.717) is 5.75 Å². The van der Waals surface area contributed by atoms with Crippen molar-refractivity contribution >= 4 is 0 Å². The topological polar surface area (TPSA) is 77.0 Å². The Morgan fingerprint density at radius 3 is 2.12 bits per heavy atom. The largest absolute Gasteiger partial charge is 0.507 e. The second kappa shape index (κ2) is 4.12. The molecular formula is C12H12N2O2. The van der Waals surface area contributed by atoms with E-state index < -0.39 is 5.60 Å². The Labute approximate surface area is 94.3 Å². The van der Waals surface area contributed by atoms with E-state index >= 15 is 0 Å². The van der Waals surface area contributed by atoms with Crippen molar-refractivity contribution in [1.29, 1.82) is 10.5 Å². The van der Waals surface area contributed by atoms with Crippen LogP contribution < -0.4 is 4.74 Å². The number of rotatable bonds is 1. The lowest BCUT2D eigenvalue weighted by Gasteiger charge is -2.22. The summed E-state index contributed by atoms with van der Waals surface area (Å²) in [6.45, 7) is 5.52. The third kappa shape index (κ3) is 2.43. The number of hydrogen-bond donors (Lipinski definition) is 1. The fourth-order valence-electron chi connectivity index (χ4n) is 1.21. The average Bonchev–Trinajstić information content (AvgIpc) is 2.18. The number of benzene rings is 1. The van der Waals surface area contributed by atoms with Gasteiger partial charge < -0.3 is 9.84 Å². The van der Waals surface area contributed by atoms with Crippen molar-refractivity contribution in [1.82, 2.24) is 0 Å². The minimum Gasteiger partial charge on any atom is -0.507 e. The van der Waals surface area contributed by atoms with Crippen LogP contribution in [0.15, 0.2) is 12.1 Å². The zero-order chi connectivity index (χ0) is 12.3. The molecule has 0 aliphatic carbocycles. The molecule has 0 fully saturated rings. The molecule has 1 rings (SSSR count). The van der Waals surface area contributed by atoms with Crippen LogP contribution in [-0.2, 0) is 0 Å². The maximum Gasteiger partial charge on any atom is 0.139 e. The molecule has 1 aromatic carbocycles. The number of aromatic hydroxyl groups is 1. The van der Waals surface area contributed by atoms with Gasteiger partial charge in [-0.2, -0.15) is 10.5 Å². The van der Waals surface area contributed by atoms with Gasteiger partial charge in [-0.25, -0.2) is 0 Å². The quantitative estimate of drug-likeness (QED) is 0.781. The molecule has 0 saturated carbocycles. The second-order valence-electron chi connectivity index (χ2n) is 4.27. The lowest BCUT2D eigenvalue weighted by Crippen LogP contribution is -2.23. The Morgan fingerprint density at radius 1 is 1.12 bits per heavy atom. The highest BCUT2D eigenvalue weighted by molar-refractivity contribution is 5.60. The SMILES string of the molecule is CC(C)(C)Oc1ccc(O)c(C#N)c1C#N. The summed E-state index contributed by atoms with van der Waals surface area (Å²) < 4.78 is 5.54. The summed E-state index contributed by atoms with van der Waals surface area (Å²) in [5.41, 5.74) is -0.448. The van der Waals surface area contributed by atoms with Crippen molar-refractivity contribution in [2.75, 3.05) is 0 Å². The smallest absolute Gasteiger partial charge is 0.139 e. The highest BCUT2D eigenvalue weighted by atomic mass is 16.5. The van der Waals surface area contributed by atoms with Crippen LogP contribution in [-0.4, -0.2) is 10.7 Å². The number of phenols is 1. The lowest BCUT2D eigenvalue weighted by atomic mass is 10.1. The van der Waals surface area contributed by atoms with E-state index in [-0.39, 0.29) is 16.9 Å². The Hall–Kier alpha value is -2.20. The molecule has 0 amide bonds. The van der Waals surface area contributed by atoms with Gasteiger partial charge in [0.1, 0.15) is 40.4 Å². The van der Waals surface area contributed by atoms with Gasteiger partial charge in [0.05, 0.1) is 0 Å². The molecular weight excluding hydrogens is 204 g/mol. The van der Waals surface area contributed by atoms with E-state index in [2.05, 4.69) is 0 Å². The van der Waals surface area contributed by atoms with Gasteiger partial charge in [-0.15, -0.1) is 0 Å². The van der Waals surface area contributed by atoms with E-state index in [4.69, 9.17) is 15.3 Å². The van der Waals surface area contributed by atoms with Crippen molar-refractivity contribution < 1.29 is 9.84 Å². The molecule has 0 bridgehead atoms. The van der Waals surface area contributed by atoms with Crippen molar-refractivity contribution in [2.24, 2.45) is 0 Å². The summed E-state index contributed by atoms with van der Waals surface area (Å²) in [7, 11) is 0. The van der Waals surface area contributed by atoms with E-state index in [0.717, 1.165) is 0 Å². The van der Waals surface area contributed by atoms with Gasteiger partial charge in [0, 0.05) is 0 Å². The molecule has 0 unspecified atom stereocenters. The van der Waals surface area contributed by atoms with Crippen LogP contribution >= 0.6 is 0 Å². The maximum atomic E-state index is 9.42. The van der Waals surface area contributed by atoms with Crippen molar-refractivity contribution in [3.8, 4) is 23.6 Å². The molecule has 0 aliphatic rings. The fourth-order valence-corrected chi connectivity index (χ4v) is 1.21. The Bertz CT molecular complexity index is 487. The van der Waals surface area contributed by atoms with Crippen LogP contribution in [0.5, 0.6) is 11.5 Å². The second-order valence-corrected chi connectivity index (χ2v) is 4.27. The normalized spacial score (nSPS) is 10.3. The average molecular weight is 216 g/mol. The molecule has 82 valence electrons. The molecule has 1 N–H and O–H groups in total. The number of nitrogens with zero attached hydrogens (tertiary/aromatic N) is 2. The van der Waals surface area contributed by atoms with E-state index in [1.54, 1.807) is 6.07 Å².